The first-order chi connectivity index (χ1) is 3.42. The van der Waals surface area contributed by atoms with Crippen molar-refractivity contribution in [1.29, 1.82) is 0 Å². The van der Waals surface area contributed by atoms with Gasteiger partial charge in [0, 0.05) is 0 Å². The third-order valence-corrected chi connectivity index (χ3v) is 5.72. The van der Waals surface area contributed by atoms with Crippen LogP contribution in [0.3, 0.4) is 0 Å². The number of rotatable bonds is 2. The monoisotopic (exact) mass is 200 g/mol. The van der Waals surface area contributed by atoms with Gasteiger partial charge in [0.05, 0.1) is 0 Å². The average molecular weight is 199 g/mol. The zero-order valence-electron chi connectivity index (χ0n) is 5.21. The first-order valence-electron chi connectivity index (χ1n) is 2.30. The Morgan fingerprint density at radius 1 is 1.38 bits per heavy atom. The summed E-state index contributed by atoms with van der Waals surface area (Å²) in [6.07, 6.45) is 0. The molecule has 0 aromatic carbocycles. The first-order valence-corrected chi connectivity index (χ1v) is 8.89. The van der Waals surface area contributed by atoms with E-state index in [4.69, 9.17) is 0 Å². The minimum atomic E-state index is -3.81. The fourth-order valence-electron chi connectivity index (χ4n) is 0.350. The van der Waals surface area contributed by atoms with Crippen LogP contribution in [0.5, 0.6) is 0 Å². The molecule has 3 nitrogen and oxygen atoms in total. The van der Waals surface area contributed by atoms with Gasteiger partial charge in [-0.3, -0.25) is 0 Å². The Kier molecular flexibility index (Phi) is 3.18. The van der Waals surface area contributed by atoms with E-state index in [0.29, 0.717) is 0 Å². The van der Waals surface area contributed by atoms with Gasteiger partial charge in [-0.05, 0) is 0 Å². The molecule has 0 radical (unpaired) electrons. The molecule has 0 amide bonds. The Hall–Kier alpha value is 0.612. The summed E-state index contributed by atoms with van der Waals surface area (Å²) in [5.41, 5.74) is 0. The van der Waals surface area contributed by atoms with Crippen molar-refractivity contribution in [3.63, 3.8) is 0 Å². The van der Waals surface area contributed by atoms with E-state index >= 15 is 0 Å². The maximum atomic E-state index is 10.3. The summed E-state index contributed by atoms with van der Waals surface area (Å²) in [6.45, 7) is 0. The van der Waals surface area contributed by atoms with Crippen LogP contribution in [0.25, 0.3) is 0 Å². The van der Waals surface area contributed by atoms with Crippen LogP contribution in [0.1, 0.15) is 0 Å². The van der Waals surface area contributed by atoms with E-state index in [1.165, 1.54) is 0 Å². The molecule has 0 aliphatic rings. The van der Waals surface area contributed by atoms with Gasteiger partial charge in [-0.2, -0.15) is 0 Å². The first kappa shape index (κ1) is 8.61. The van der Waals surface area contributed by atoms with Gasteiger partial charge in [0.1, 0.15) is 0 Å². The van der Waals surface area contributed by atoms with Crippen molar-refractivity contribution in [3.05, 3.63) is 0 Å². The maximum absolute atomic E-state index is 10.3. The zero-order valence-corrected chi connectivity index (χ0v) is 8.08. The summed E-state index contributed by atoms with van der Waals surface area (Å²) in [5, 5.41) is 0. The van der Waals surface area contributed by atoms with Crippen LogP contribution in [-0.2, 0) is 10.5 Å². The molecular formula is C3H9AlO3Se. The third-order valence-electron chi connectivity index (χ3n) is 0.367. The van der Waals surface area contributed by atoms with Gasteiger partial charge in [-0.25, -0.2) is 0 Å². The molecule has 0 saturated carbocycles. The van der Waals surface area contributed by atoms with Crippen LogP contribution < -0.4 is 0 Å². The van der Waals surface area contributed by atoms with Crippen molar-refractivity contribution in [1.82, 2.24) is 0 Å². The predicted octanol–water partition coefficient (Wildman–Crippen LogP) is 0.684. The van der Waals surface area contributed by atoms with Crippen LogP contribution in [0.15, 0.2) is 0 Å². The van der Waals surface area contributed by atoms with E-state index in [1.54, 1.807) is 0 Å². The van der Waals surface area contributed by atoms with E-state index in [-0.39, 0.29) is 0 Å². The third kappa shape index (κ3) is 6.61. The number of hydrogen-bond acceptors (Lipinski definition) is 3. The van der Waals surface area contributed by atoms with Crippen molar-refractivity contribution in [2.75, 3.05) is 0 Å². The summed E-state index contributed by atoms with van der Waals surface area (Å²) in [5.74, 6) is 4.79. The Morgan fingerprint density at radius 2 is 1.75 bits per heavy atom. The molecule has 0 aliphatic heterocycles. The normalized spacial score (nSPS) is 11.4. The summed E-state index contributed by atoms with van der Waals surface area (Å²) < 4.78 is 25.3. The molecule has 0 atom stereocenters. The Labute approximate surface area is 55.7 Å². The van der Waals surface area contributed by atoms with E-state index in [1.807, 2.05) is 11.6 Å². The summed E-state index contributed by atoms with van der Waals surface area (Å²) in [4.78, 5) is 0. The fraction of sp³-hybridized carbons (Fsp3) is 1.00. The molecule has 5 heteroatoms. The van der Waals surface area contributed by atoms with Gasteiger partial charge in [-0.1, -0.05) is 0 Å². The van der Waals surface area contributed by atoms with Crippen LogP contribution in [-0.4, -0.2) is 27.5 Å². The number of hydrogen-bond donors (Lipinski definition) is 0. The molecule has 0 saturated heterocycles. The topological polar surface area (TPSA) is 43.4 Å². The molecule has 0 unspecified atom stereocenters. The fourth-order valence-corrected chi connectivity index (χ4v) is 5.45. The quantitative estimate of drug-likeness (QED) is 0.614. The second-order valence-electron chi connectivity index (χ2n) is 1.85. The van der Waals surface area contributed by atoms with Gasteiger partial charge in [-0.15, -0.1) is 0 Å². The van der Waals surface area contributed by atoms with Crippen LogP contribution >= 0.6 is 0 Å². The Balaban J connectivity index is 3.75. The molecule has 0 N–H and O–H groups in total. The van der Waals surface area contributed by atoms with E-state index < -0.39 is 27.5 Å². The standard InChI is InChI=1S/CH4O3Se.2CH3.Al/c1-5(2,3)4;;;/h1H3,(H,2,3,4);2*1H3;/q;;;+1/p-1. The molecule has 0 spiro atoms. The summed E-state index contributed by atoms with van der Waals surface area (Å²) in [6, 6.07) is 0. The second kappa shape index (κ2) is 2.96. The summed E-state index contributed by atoms with van der Waals surface area (Å²) >= 11 is -5.16. The molecule has 0 fully saturated rings. The average Bonchev–Trinajstić information content (AvgIpc) is 1.21. The molecule has 48 valence electrons. The molecule has 0 heterocycles. The molecule has 0 aromatic heterocycles. The zero-order chi connectivity index (χ0) is 6.78. The SMILES string of the molecule is [CH3][Al]([CH3])[O][Se](C)(=O)=O. The molecule has 0 bridgehead atoms. The van der Waals surface area contributed by atoms with Crippen LogP contribution in [0.2, 0.25) is 17.4 Å². The molecule has 0 rings (SSSR count). The Morgan fingerprint density at radius 3 is 1.75 bits per heavy atom. The van der Waals surface area contributed by atoms with Gasteiger partial charge in [0.2, 0.25) is 0 Å². The van der Waals surface area contributed by atoms with E-state index in [9.17, 15) is 7.67 Å². The predicted molar refractivity (Wildman–Crippen MR) is 31.6 cm³/mol. The van der Waals surface area contributed by atoms with Gasteiger partial charge < -0.3 is 0 Å². The van der Waals surface area contributed by atoms with Crippen molar-refractivity contribution in [2.24, 2.45) is 0 Å². The second-order valence-corrected chi connectivity index (χ2v) is 8.31. The minimum absolute atomic E-state index is 1.14. The molecule has 8 heavy (non-hydrogen) atoms. The van der Waals surface area contributed by atoms with Crippen LogP contribution in [0.4, 0.5) is 0 Å². The Bertz CT molecular complexity index is 148. The van der Waals surface area contributed by atoms with Crippen molar-refractivity contribution >= 4 is 27.5 Å². The molecule has 0 aromatic rings. The van der Waals surface area contributed by atoms with Gasteiger partial charge in [0.15, 0.2) is 0 Å². The van der Waals surface area contributed by atoms with Crippen molar-refractivity contribution < 1.29 is 10.5 Å². The van der Waals surface area contributed by atoms with E-state index in [0.717, 1.165) is 5.82 Å². The van der Waals surface area contributed by atoms with Gasteiger partial charge >= 0.3 is 55.5 Å². The van der Waals surface area contributed by atoms with Crippen molar-refractivity contribution in [2.45, 2.75) is 17.4 Å². The van der Waals surface area contributed by atoms with Gasteiger partial charge in [0.25, 0.3) is 0 Å². The molecular weight excluding hydrogens is 190 g/mol. The molecule has 0 aliphatic carbocycles. The summed E-state index contributed by atoms with van der Waals surface area (Å²) in [7, 11) is 0. The van der Waals surface area contributed by atoms with Crippen molar-refractivity contribution in [3.8, 4) is 0 Å². The van der Waals surface area contributed by atoms with Crippen LogP contribution in [0, 0.1) is 0 Å². The van der Waals surface area contributed by atoms with E-state index in [2.05, 4.69) is 2.87 Å².